The molecule has 4 atom stereocenters. The van der Waals surface area contributed by atoms with E-state index < -0.39 is 0 Å². The van der Waals surface area contributed by atoms with Crippen LogP contribution in [0.4, 0.5) is 0 Å². The molecule has 1 aliphatic carbocycles. The van der Waals surface area contributed by atoms with E-state index in [1.54, 1.807) is 11.3 Å². The number of nitrogens with one attached hydrogen (secondary N) is 1. The van der Waals surface area contributed by atoms with Gasteiger partial charge >= 0.3 is 0 Å². The van der Waals surface area contributed by atoms with Gasteiger partial charge in [-0.3, -0.25) is 14.5 Å². The highest BCUT2D eigenvalue weighted by molar-refractivity contribution is 7.12. The Morgan fingerprint density at radius 1 is 1.13 bits per heavy atom. The fourth-order valence-electron chi connectivity index (χ4n) is 6.28. The molecule has 1 aromatic heterocycles. The monoisotopic (exact) mass is 429 g/mol. The number of likely N-dealkylation sites (tertiary alicyclic amines) is 1. The highest BCUT2D eigenvalue weighted by Gasteiger charge is 2.49. The number of hydrogen-bond donors (Lipinski definition) is 1. The maximum Gasteiger partial charge on any atom is 0.264 e. The topological polar surface area (TPSA) is 52.7 Å². The predicted molar refractivity (Wildman–Crippen MR) is 120 cm³/mol. The van der Waals surface area contributed by atoms with Gasteiger partial charge in [-0.1, -0.05) is 6.07 Å². The Morgan fingerprint density at radius 2 is 1.97 bits per heavy atom. The first-order chi connectivity index (χ1) is 14.7. The lowest BCUT2D eigenvalue weighted by molar-refractivity contribution is -0.121. The summed E-state index contributed by atoms with van der Waals surface area (Å²) in [5.41, 5.74) is 0. The number of thiophene rings is 1. The van der Waals surface area contributed by atoms with E-state index in [9.17, 15) is 9.59 Å². The van der Waals surface area contributed by atoms with E-state index in [4.69, 9.17) is 0 Å². The van der Waals surface area contributed by atoms with Gasteiger partial charge in [-0.2, -0.15) is 0 Å². The number of piperidine rings is 3. The molecule has 4 fully saturated rings. The third-order valence-electron chi connectivity index (χ3n) is 7.85. The van der Waals surface area contributed by atoms with Crippen molar-refractivity contribution in [3.63, 3.8) is 0 Å². The van der Waals surface area contributed by atoms with Crippen molar-refractivity contribution in [3.05, 3.63) is 22.4 Å². The molecule has 2 amide bonds. The van der Waals surface area contributed by atoms with Crippen molar-refractivity contribution < 1.29 is 9.59 Å². The predicted octanol–water partition coefficient (Wildman–Crippen LogP) is 3.76. The summed E-state index contributed by atoms with van der Waals surface area (Å²) >= 11 is 1.56. The largest absolute Gasteiger partial charge is 0.356 e. The second-order valence-corrected chi connectivity index (χ2v) is 10.8. The molecule has 0 aromatic carbocycles. The minimum atomic E-state index is 0.189. The first-order valence-electron chi connectivity index (χ1n) is 12.1. The summed E-state index contributed by atoms with van der Waals surface area (Å²) in [6.07, 6.45) is 9.94. The van der Waals surface area contributed by atoms with Crippen LogP contribution < -0.4 is 5.32 Å². The SMILES string of the molecule is O=C(CCC[C@@H]1[C@H]2CCCN3CCC[C@@H](CN1C(=O)c1cccs1)[C@@H]23)NCC1CC1. The van der Waals surface area contributed by atoms with Crippen LogP contribution in [-0.2, 0) is 4.79 Å². The van der Waals surface area contributed by atoms with Crippen LogP contribution >= 0.6 is 11.3 Å². The van der Waals surface area contributed by atoms with Crippen molar-refractivity contribution in [2.24, 2.45) is 17.8 Å². The summed E-state index contributed by atoms with van der Waals surface area (Å²) < 4.78 is 0. The molecule has 3 aliphatic heterocycles. The zero-order valence-electron chi connectivity index (χ0n) is 17.9. The minimum Gasteiger partial charge on any atom is -0.356 e. The van der Waals surface area contributed by atoms with Gasteiger partial charge < -0.3 is 10.2 Å². The molecule has 1 aromatic rings. The summed E-state index contributed by atoms with van der Waals surface area (Å²) in [7, 11) is 0. The fourth-order valence-corrected chi connectivity index (χ4v) is 6.96. The lowest BCUT2D eigenvalue weighted by Crippen LogP contribution is -2.65. The normalized spacial score (nSPS) is 31.3. The van der Waals surface area contributed by atoms with Gasteiger partial charge in [-0.25, -0.2) is 0 Å². The molecular formula is C24H35N3O2S. The Bertz CT molecular complexity index is 746. The second kappa shape index (κ2) is 8.99. The first kappa shape index (κ1) is 20.5. The number of amides is 2. The Morgan fingerprint density at radius 3 is 2.73 bits per heavy atom. The molecule has 0 spiro atoms. The van der Waals surface area contributed by atoms with Crippen LogP contribution in [0.25, 0.3) is 0 Å². The number of hydrogen-bond acceptors (Lipinski definition) is 4. The Kier molecular flexibility index (Phi) is 6.15. The van der Waals surface area contributed by atoms with E-state index in [-0.39, 0.29) is 17.9 Å². The van der Waals surface area contributed by atoms with Crippen molar-refractivity contribution in [1.29, 1.82) is 0 Å². The van der Waals surface area contributed by atoms with E-state index >= 15 is 0 Å². The van der Waals surface area contributed by atoms with Crippen molar-refractivity contribution in [3.8, 4) is 0 Å². The van der Waals surface area contributed by atoms with Crippen LogP contribution in [0.15, 0.2) is 17.5 Å². The van der Waals surface area contributed by atoms with Gasteiger partial charge in [0.2, 0.25) is 5.91 Å². The van der Waals surface area contributed by atoms with E-state index in [0.29, 0.717) is 24.3 Å². The smallest absolute Gasteiger partial charge is 0.264 e. The summed E-state index contributed by atoms with van der Waals surface area (Å²) in [6.45, 7) is 4.21. The van der Waals surface area contributed by atoms with Crippen LogP contribution in [0, 0.1) is 17.8 Å². The summed E-state index contributed by atoms with van der Waals surface area (Å²) in [5.74, 6) is 2.31. The molecule has 3 saturated heterocycles. The molecule has 30 heavy (non-hydrogen) atoms. The fraction of sp³-hybridized carbons (Fsp3) is 0.750. The van der Waals surface area contributed by atoms with Crippen molar-refractivity contribution in [2.45, 2.75) is 69.9 Å². The Balaban J connectivity index is 1.29. The highest BCUT2D eigenvalue weighted by atomic mass is 32.1. The number of nitrogens with zero attached hydrogens (tertiary/aromatic N) is 2. The molecule has 4 aliphatic rings. The van der Waals surface area contributed by atoms with Crippen molar-refractivity contribution >= 4 is 23.2 Å². The molecule has 0 unspecified atom stereocenters. The molecule has 5 rings (SSSR count). The summed E-state index contributed by atoms with van der Waals surface area (Å²) in [4.78, 5) is 31.5. The van der Waals surface area contributed by atoms with Crippen LogP contribution in [0.5, 0.6) is 0 Å². The molecule has 0 radical (unpaired) electrons. The van der Waals surface area contributed by atoms with Gasteiger partial charge in [0, 0.05) is 31.6 Å². The molecule has 4 heterocycles. The molecule has 164 valence electrons. The quantitative estimate of drug-likeness (QED) is 0.718. The van der Waals surface area contributed by atoms with Gasteiger partial charge in [-0.05, 0) is 93.7 Å². The average molecular weight is 430 g/mol. The molecule has 5 nitrogen and oxygen atoms in total. The van der Waals surface area contributed by atoms with E-state index in [2.05, 4.69) is 15.1 Å². The average Bonchev–Trinajstić information content (AvgIpc) is 3.44. The highest BCUT2D eigenvalue weighted by Crippen LogP contribution is 2.43. The summed E-state index contributed by atoms with van der Waals surface area (Å²) in [6, 6.07) is 4.87. The zero-order valence-corrected chi connectivity index (χ0v) is 18.7. The van der Waals surface area contributed by atoms with E-state index in [1.165, 1.54) is 51.6 Å². The Hall–Kier alpha value is -1.40. The van der Waals surface area contributed by atoms with Crippen molar-refractivity contribution in [2.75, 3.05) is 26.2 Å². The zero-order chi connectivity index (χ0) is 20.5. The number of carbonyl (C=O) groups is 2. The molecule has 0 bridgehead atoms. The van der Waals surface area contributed by atoms with E-state index in [0.717, 1.165) is 36.7 Å². The van der Waals surface area contributed by atoms with Gasteiger partial charge in [0.1, 0.15) is 0 Å². The lowest BCUT2D eigenvalue weighted by Gasteiger charge is -2.57. The van der Waals surface area contributed by atoms with Gasteiger partial charge in [0.25, 0.3) is 5.91 Å². The van der Waals surface area contributed by atoms with Gasteiger partial charge in [-0.15, -0.1) is 11.3 Å². The molecular weight excluding hydrogens is 394 g/mol. The maximum atomic E-state index is 13.4. The van der Waals surface area contributed by atoms with Crippen molar-refractivity contribution in [1.82, 2.24) is 15.1 Å². The van der Waals surface area contributed by atoms with Crippen LogP contribution in [0.2, 0.25) is 0 Å². The third kappa shape index (κ3) is 4.31. The van der Waals surface area contributed by atoms with Gasteiger partial charge in [0.05, 0.1) is 4.88 Å². The molecule has 1 N–H and O–H groups in total. The molecule has 1 saturated carbocycles. The maximum absolute atomic E-state index is 13.4. The summed E-state index contributed by atoms with van der Waals surface area (Å²) in [5, 5.41) is 5.10. The standard InChI is InChI=1S/C24H35N3O2S/c28-22(25-15-17-10-11-17)9-1-7-20-19-6-3-13-26-12-2-5-18(23(19)26)16-27(20)24(29)21-8-4-14-30-21/h4,8,14,17-20,23H,1-3,5-7,9-13,15-16H2,(H,25,28)/t18-,19+,20+,23-/m0/s1. The second-order valence-electron chi connectivity index (χ2n) is 9.88. The van der Waals surface area contributed by atoms with Crippen LogP contribution in [0.1, 0.15) is 67.5 Å². The van der Waals surface area contributed by atoms with Crippen LogP contribution in [-0.4, -0.2) is 59.9 Å². The van der Waals surface area contributed by atoms with E-state index in [1.807, 2.05) is 17.5 Å². The lowest BCUT2D eigenvalue weighted by atomic mass is 9.69. The Labute approximate surface area is 184 Å². The number of carbonyl (C=O) groups excluding carboxylic acids is 2. The molecule has 6 heteroatoms. The first-order valence-corrected chi connectivity index (χ1v) is 12.9. The van der Waals surface area contributed by atoms with Gasteiger partial charge in [0.15, 0.2) is 0 Å². The minimum absolute atomic E-state index is 0.189. The van der Waals surface area contributed by atoms with Crippen LogP contribution in [0.3, 0.4) is 0 Å². The third-order valence-corrected chi connectivity index (χ3v) is 8.71. The number of rotatable bonds is 7.